The van der Waals surface area contributed by atoms with Crippen LogP contribution in [0.5, 0.6) is 11.5 Å². The lowest BCUT2D eigenvalue weighted by molar-refractivity contribution is 0.193. The molecule has 0 aliphatic heterocycles. The topological polar surface area (TPSA) is 78.1 Å². The molecular weight excluding hydrogens is 419 g/mol. The molecule has 160 valence electrons. The molecule has 0 radical (unpaired) electrons. The summed E-state index contributed by atoms with van der Waals surface area (Å²) in [7, 11) is 0. The number of hydrogen-bond acceptors (Lipinski definition) is 8. The summed E-state index contributed by atoms with van der Waals surface area (Å²) in [6.45, 7) is 7.39. The van der Waals surface area contributed by atoms with Crippen molar-refractivity contribution < 1.29 is 23.3 Å². The minimum absolute atomic E-state index is 0.00525. The summed E-state index contributed by atoms with van der Waals surface area (Å²) in [5.74, 6) is 1.30. The summed E-state index contributed by atoms with van der Waals surface area (Å²) in [6.07, 6.45) is 1.03. The van der Waals surface area contributed by atoms with Gasteiger partial charge in [-0.1, -0.05) is 24.1 Å². The van der Waals surface area contributed by atoms with Crippen LogP contribution in [0.3, 0.4) is 0 Å². The predicted octanol–water partition coefficient (Wildman–Crippen LogP) is 4.53. The van der Waals surface area contributed by atoms with Gasteiger partial charge in [0.15, 0.2) is 18.0 Å². The molecule has 1 aromatic carbocycles. The molecule has 1 rings (SSSR count). The van der Waals surface area contributed by atoms with Crippen LogP contribution >= 0.6 is 18.4 Å². The van der Waals surface area contributed by atoms with Crippen LogP contribution in [0.25, 0.3) is 0 Å². The van der Waals surface area contributed by atoms with Crippen molar-refractivity contribution in [2.75, 3.05) is 31.8 Å². The molecule has 0 fully saturated rings. The maximum atomic E-state index is 11.9. The predicted molar refractivity (Wildman–Crippen MR) is 119 cm³/mol. The third-order valence-corrected chi connectivity index (χ3v) is 7.21. The van der Waals surface area contributed by atoms with Crippen molar-refractivity contribution in [3.63, 3.8) is 0 Å². The van der Waals surface area contributed by atoms with Crippen LogP contribution in [0, 0.1) is 0 Å². The summed E-state index contributed by atoms with van der Waals surface area (Å²) in [6, 6.07) is 7.09. The standard InChI is InChI=1S/C18H31N2O5PS2/c1-5-22-26(27,23-6-2)13-9-12-20-28-14-19-18(21)25-17-11-8-7-10-16(17)24-15(3)4/h7-8,10-11,15,20H,5-6,9,12-14H2,1-4H3,(H,19,21). The SMILES string of the molecule is CCOP(=S)(CCCNSCNC(=O)Oc1ccccc1OC(C)C)OCC. The lowest BCUT2D eigenvalue weighted by atomic mass is 10.3. The van der Waals surface area contributed by atoms with E-state index >= 15 is 0 Å². The molecule has 2 N–H and O–H groups in total. The summed E-state index contributed by atoms with van der Waals surface area (Å²) in [5, 5.41) is 2.68. The minimum atomic E-state index is -2.16. The molecule has 1 aromatic rings. The van der Waals surface area contributed by atoms with Crippen LogP contribution in [0.4, 0.5) is 4.79 Å². The third kappa shape index (κ3) is 10.6. The van der Waals surface area contributed by atoms with Crippen LogP contribution in [0.15, 0.2) is 24.3 Å². The van der Waals surface area contributed by atoms with Crippen LogP contribution in [0.2, 0.25) is 0 Å². The Kier molecular flexibility index (Phi) is 12.8. The first-order valence-electron chi connectivity index (χ1n) is 9.34. The largest absolute Gasteiger partial charge is 0.487 e. The van der Waals surface area contributed by atoms with Crippen LogP contribution in [-0.4, -0.2) is 44.0 Å². The first kappa shape index (κ1) is 25.2. The van der Waals surface area contributed by atoms with E-state index in [9.17, 15) is 4.79 Å². The van der Waals surface area contributed by atoms with Crippen molar-refractivity contribution in [1.82, 2.24) is 10.0 Å². The van der Waals surface area contributed by atoms with Gasteiger partial charge < -0.3 is 23.8 Å². The van der Waals surface area contributed by atoms with Crippen molar-refractivity contribution in [3.8, 4) is 11.5 Å². The fraction of sp³-hybridized carbons (Fsp3) is 0.611. The summed E-state index contributed by atoms with van der Waals surface area (Å²) >= 11 is 6.87. The normalized spacial score (nSPS) is 11.5. The number of hydrogen-bond donors (Lipinski definition) is 2. The number of amides is 1. The van der Waals surface area contributed by atoms with E-state index < -0.39 is 12.6 Å². The van der Waals surface area contributed by atoms with Gasteiger partial charge in [0.1, 0.15) is 0 Å². The molecule has 0 atom stereocenters. The molecular formula is C18H31N2O5PS2. The Balaban J connectivity index is 2.23. The van der Waals surface area contributed by atoms with Gasteiger partial charge in [-0.15, -0.1) is 0 Å². The highest BCUT2D eigenvalue weighted by Gasteiger charge is 2.16. The number of carbonyl (C=O) groups excluding carboxylic acids is 1. The van der Waals surface area contributed by atoms with Gasteiger partial charge in [0.2, 0.25) is 0 Å². The van der Waals surface area contributed by atoms with Gasteiger partial charge >= 0.3 is 6.09 Å². The Bertz CT molecular complexity index is 624. The quantitative estimate of drug-likeness (QED) is 0.185. The van der Waals surface area contributed by atoms with E-state index in [1.807, 2.05) is 33.8 Å². The molecule has 0 bridgehead atoms. The Morgan fingerprint density at radius 3 is 2.43 bits per heavy atom. The molecule has 0 saturated heterocycles. The number of rotatable bonds is 14. The number of carbonyl (C=O) groups is 1. The lowest BCUT2D eigenvalue weighted by Gasteiger charge is -2.20. The van der Waals surface area contributed by atoms with Crippen LogP contribution in [-0.2, 0) is 20.9 Å². The fourth-order valence-electron chi connectivity index (χ4n) is 2.14. The second kappa shape index (κ2) is 14.2. The summed E-state index contributed by atoms with van der Waals surface area (Å²) in [5.41, 5.74) is 0. The Morgan fingerprint density at radius 2 is 1.82 bits per heavy atom. The van der Waals surface area contributed by atoms with Gasteiger partial charge in [-0.05, 0) is 58.1 Å². The van der Waals surface area contributed by atoms with E-state index in [-0.39, 0.29) is 6.10 Å². The monoisotopic (exact) mass is 450 g/mol. The molecule has 0 heterocycles. The molecule has 0 spiro atoms. The molecule has 1 amide bonds. The van der Waals surface area contributed by atoms with Crippen molar-refractivity contribution >= 4 is 36.3 Å². The van der Waals surface area contributed by atoms with Crippen molar-refractivity contribution in [1.29, 1.82) is 0 Å². The van der Waals surface area contributed by atoms with Crippen LogP contribution in [0.1, 0.15) is 34.1 Å². The van der Waals surface area contributed by atoms with Gasteiger partial charge in [0.25, 0.3) is 0 Å². The highest BCUT2D eigenvalue weighted by Crippen LogP contribution is 2.48. The molecule has 10 heteroatoms. The van der Waals surface area contributed by atoms with Gasteiger partial charge in [-0.25, -0.2) is 4.79 Å². The Morgan fingerprint density at radius 1 is 1.18 bits per heavy atom. The zero-order chi connectivity index (χ0) is 20.8. The number of benzene rings is 1. The molecule has 0 aromatic heterocycles. The highest BCUT2D eigenvalue weighted by atomic mass is 32.5. The van der Waals surface area contributed by atoms with Crippen molar-refractivity contribution in [3.05, 3.63) is 24.3 Å². The molecule has 0 aliphatic carbocycles. The second-order valence-corrected chi connectivity index (χ2v) is 10.6. The molecule has 0 unspecified atom stereocenters. The lowest BCUT2D eigenvalue weighted by Crippen LogP contribution is -2.28. The van der Waals surface area contributed by atoms with E-state index in [2.05, 4.69) is 10.0 Å². The number of ether oxygens (including phenoxy) is 2. The average molecular weight is 451 g/mol. The Hall–Kier alpha value is -0.830. The maximum Gasteiger partial charge on any atom is 0.413 e. The van der Waals surface area contributed by atoms with Gasteiger partial charge in [0.05, 0.1) is 25.2 Å². The first-order valence-corrected chi connectivity index (χ1v) is 13.1. The smallest absolute Gasteiger partial charge is 0.413 e. The summed E-state index contributed by atoms with van der Waals surface area (Å²) in [4.78, 5) is 11.9. The van der Waals surface area contributed by atoms with E-state index in [0.717, 1.165) is 19.1 Å². The summed E-state index contributed by atoms with van der Waals surface area (Å²) < 4.78 is 25.3. The minimum Gasteiger partial charge on any atom is -0.487 e. The highest BCUT2D eigenvalue weighted by molar-refractivity contribution is 8.09. The number of para-hydroxylation sites is 2. The van der Waals surface area contributed by atoms with Crippen molar-refractivity contribution in [2.24, 2.45) is 0 Å². The van der Waals surface area contributed by atoms with E-state index in [4.69, 9.17) is 30.3 Å². The zero-order valence-electron chi connectivity index (χ0n) is 16.9. The molecule has 0 saturated carbocycles. The second-order valence-electron chi connectivity index (χ2n) is 5.89. The van der Waals surface area contributed by atoms with Crippen molar-refractivity contribution in [2.45, 2.75) is 40.2 Å². The van der Waals surface area contributed by atoms with E-state index in [1.165, 1.54) is 11.9 Å². The zero-order valence-corrected chi connectivity index (χ0v) is 19.5. The first-order chi connectivity index (χ1) is 13.4. The Labute approximate surface area is 177 Å². The molecule has 7 nitrogen and oxygen atoms in total. The van der Waals surface area contributed by atoms with Gasteiger partial charge in [-0.3, -0.25) is 4.72 Å². The average Bonchev–Trinajstić information content (AvgIpc) is 2.62. The van der Waals surface area contributed by atoms with E-state index in [1.54, 1.807) is 18.2 Å². The van der Waals surface area contributed by atoms with E-state index in [0.29, 0.717) is 30.6 Å². The molecule has 28 heavy (non-hydrogen) atoms. The van der Waals surface area contributed by atoms with Gasteiger partial charge in [-0.2, -0.15) is 0 Å². The molecule has 0 aliphatic rings. The maximum absolute atomic E-state index is 11.9. The fourth-order valence-corrected chi connectivity index (χ4v) is 5.41. The van der Waals surface area contributed by atoms with Crippen LogP contribution < -0.4 is 19.5 Å². The number of nitrogens with one attached hydrogen (secondary N) is 2. The third-order valence-electron chi connectivity index (χ3n) is 3.17. The van der Waals surface area contributed by atoms with Gasteiger partial charge in [0, 0.05) is 12.7 Å².